The van der Waals surface area contributed by atoms with Crippen molar-refractivity contribution >= 4 is 11.5 Å². The second kappa shape index (κ2) is 4.67. The molecular weight excluding hydrogens is 220 g/mol. The first-order valence-electron chi connectivity index (χ1n) is 5.74. The van der Waals surface area contributed by atoms with Gasteiger partial charge in [0.15, 0.2) is 0 Å². The minimum absolute atomic E-state index is 0.132. The zero-order chi connectivity index (χ0) is 12.3. The van der Waals surface area contributed by atoms with E-state index in [1.807, 2.05) is 0 Å². The summed E-state index contributed by atoms with van der Waals surface area (Å²) in [6, 6.07) is 3.37. The molecule has 0 atom stereocenters. The highest BCUT2D eigenvalue weighted by Crippen LogP contribution is 2.34. The molecular formula is C11H16N4O2. The van der Waals surface area contributed by atoms with E-state index >= 15 is 0 Å². The lowest BCUT2D eigenvalue weighted by Gasteiger charge is -2.29. The summed E-state index contributed by atoms with van der Waals surface area (Å²) in [6.07, 6.45) is 5.55. The molecule has 2 rings (SSSR count). The lowest BCUT2D eigenvalue weighted by atomic mass is 9.97. The van der Waals surface area contributed by atoms with Crippen molar-refractivity contribution in [2.45, 2.75) is 31.2 Å². The highest BCUT2D eigenvalue weighted by atomic mass is 16.6. The van der Waals surface area contributed by atoms with Crippen molar-refractivity contribution in [3.8, 4) is 0 Å². The van der Waals surface area contributed by atoms with Gasteiger partial charge < -0.3 is 21.2 Å². The topological polar surface area (TPSA) is 94.1 Å². The Hall–Kier alpha value is -1.69. The molecule has 0 amide bonds. The maximum absolute atomic E-state index is 10.9. The van der Waals surface area contributed by atoms with Crippen LogP contribution < -0.4 is 11.1 Å². The van der Waals surface area contributed by atoms with Crippen LogP contribution >= 0.6 is 0 Å². The molecule has 1 fully saturated rings. The van der Waals surface area contributed by atoms with Gasteiger partial charge in [0.2, 0.25) is 0 Å². The standard InChI is InChI=1S/C11H16N4O2/c12-8-11(5-1-2-6-11)14-9-4-3-7-13-10(9)15(16)17/h3-4,7,14H,1-2,5-6,8,12H2. The third kappa shape index (κ3) is 2.36. The van der Waals surface area contributed by atoms with Crippen molar-refractivity contribution in [1.29, 1.82) is 0 Å². The first-order valence-corrected chi connectivity index (χ1v) is 5.74. The lowest BCUT2D eigenvalue weighted by molar-refractivity contribution is -0.388. The third-order valence-corrected chi connectivity index (χ3v) is 3.31. The van der Waals surface area contributed by atoms with Crippen LogP contribution in [0.5, 0.6) is 0 Å². The first kappa shape index (κ1) is 11.8. The normalized spacial score (nSPS) is 17.9. The van der Waals surface area contributed by atoms with E-state index in [2.05, 4.69) is 10.3 Å². The van der Waals surface area contributed by atoms with Gasteiger partial charge in [-0.25, -0.2) is 0 Å². The van der Waals surface area contributed by atoms with Crippen LogP contribution in [-0.4, -0.2) is 22.0 Å². The lowest BCUT2D eigenvalue weighted by Crippen LogP contribution is -2.42. The van der Waals surface area contributed by atoms with Crippen molar-refractivity contribution < 1.29 is 4.92 Å². The molecule has 1 aliphatic carbocycles. The van der Waals surface area contributed by atoms with Gasteiger partial charge in [-0.05, 0) is 34.9 Å². The van der Waals surface area contributed by atoms with Crippen LogP contribution in [0.3, 0.4) is 0 Å². The Kier molecular flexibility index (Phi) is 3.23. The van der Waals surface area contributed by atoms with Crippen LogP contribution in [0, 0.1) is 10.1 Å². The smallest absolute Gasteiger partial charge is 0.371 e. The van der Waals surface area contributed by atoms with Gasteiger partial charge in [0, 0.05) is 12.1 Å². The average molecular weight is 236 g/mol. The van der Waals surface area contributed by atoms with E-state index in [-0.39, 0.29) is 11.4 Å². The predicted octanol–water partition coefficient (Wildman–Crippen LogP) is 1.67. The van der Waals surface area contributed by atoms with Crippen LogP contribution in [0.4, 0.5) is 11.5 Å². The molecule has 1 heterocycles. The third-order valence-electron chi connectivity index (χ3n) is 3.31. The number of pyridine rings is 1. The number of aromatic nitrogens is 1. The van der Waals surface area contributed by atoms with Gasteiger partial charge in [-0.2, -0.15) is 0 Å². The fourth-order valence-electron chi connectivity index (χ4n) is 2.36. The molecule has 1 aromatic rings. The SMILES string of the molecule is NCC1(Nc2cccnc2[N+](=O)[O-])CCCC1. The second-order valence-electron chi connectivity index (χ2n) is 4.45. The van der Waals surface area contributed by atoms with Crippen molar-refractivity contribution in [1.82, 2.24) is 4.98 Å². The van der Waals surface area contributed by atoms with E-state index in [1.165, 1.54) is 6.20 Å². The molecule has 0 saturated heterocycles. The molecule has 6 heteroatoms. The zero-order valence-electron chi connectivity index (χ0n) is 9.56. The van der Waals surface area contributed by atoms with Crippen molar-refractivity contribution in [2.75, 3.05) is 11.9 Å². The number of anilines is 1. The van der Waals surface area contributed by atoms with Crippen LogP contribution in [0.25, 0.3) is 0 Å². The molecule has 1 saturated carbocycles. The molecule has 0 aliphatic heterocycles. The summed E-state index contributed by atoms with van der Waals surface area (Å²) in [5.74, 6) is -0.132. The Morgan fingerprint density at radius 3 is 2.82 bits per heavy atom. The van der Waals surface area contributed by atoms with E-state index in [9.17, 15) is 10.1 Å². The summed E-state index contributed by atoms with van der Waals surface area (Å²) in [7, 11) is 0. The Balaban J connectivity index is 2.26. The molecule has 1 aliphatic rings. The fraction of sp³-hybridized carbons (Fsp3) is 0.545. The highest BCUT2D eigenvalue weighted by molar-refractivity contribution is 5.58. The van der Waals surface area contributed by atoms with Gasteiger partial charge in [-0.3, -0.25) is 0 Å². The minimum atomic E-state index is -0.471. The van der Waals surface area contributed by atoms with Crippen LogP contribution in [0.2, 0.25) is 0 Å². The van der Waals surface area contributed by atoms with Crippen LogP contribution in [0.1, 0.15) is 25.7 Å². The first-order chi connectivity index (χ1) is 8.17. The number of nitrogens with two attached hydrogens (primary N) is 1. The predicted molar refractivity (Wildman–Crippen MR) is 64.8 cm³/mol. The number of nitrogens with one attached hydrogen (secondary N) is 1. The summed E-state index contributed by atoms with van der Waals surface area (Å²) < 4.78 is 0. The molecule has 17 heavy (non-hydrogen) atoms. The van der Waals surface area contributed by atoms with Gasteiger partial charge >= 0.3 is 5.82 Å². The summed E-state index contributed by atoms with van der Waals surface area (Å²) in [4.78, 5) is 14.2. The molecule has 1 aromatic heterocycles. The highest BCUT2D eigenvalue weighted by Gasteiger charge is 2.34. The average Bonchev–Trinajstić information content (AvgIpc) is 2.79. The van der Waals surface area contributed by atoms with Gasteiger partial charge in [0.05, 0.1) is 0 Å². The van der Waals surface area contributed by atoms with E-state index < -0.39 is 4.92 Å². The Bertz CT molecular complexity index is 416. The maximum Gasteiger partial charge on any atom is 0.386 e. The summed E-state index contributed by atoms with van der Waals surface area (Å²) in [5, 5.41) is 14.1. The molecule has 3 N–H and O–H groups in total. The van der Waals surface area contributed by atoms with Crippen LogP contribution in [-0.2, 0) is 0 Å². The van der Waals surface area contributed by atoms with E-state index in [4.69, 9.17) is 5.73 Å². The molecule has 0 spiro atoms. The molecule has 6 nitrogen and oxygen atoms in total. The molecule has 0 aromatic carbocycles. The van der Waals surface area contributed by atoms with Gasteiger partial charge in [-0.1, -0.05) is 12.8 Å². The van der Waals surface area contributed by atoms with E-state index in [0.29, 0.717) is 12.2 Å². The molecule has 0 radical (unpaired) electrons. The second-order valence-corrected chi connectivity index (χ2v) is 4.45. The molecule has 0 bridgehead atoms. The van der Waals surface area contributed by atoms with Gasteiger partial charge in [-0.15, -0.1) is 0 Å². The van der Waals surface area contributed by atoms with Crippen LogP contribution in [0.15, 0.2) is 18.3 Å². The van der Waals surface area contributed by atoms with Crippen molar-refractivity contribution in [3.63, 3.8) is 0 Å². The Morgan fingerprint density at radius 2 is 2.24 bits per heavy atom. The van der Waals surface area contributed by atoms with E-state index in [0.717, 1.165) is 25.7 Å². The number of nitro groups is 1. The Morgan fingerprint density at radius 1 is 1.53 bits per heavy atom. The van der Waals surface area contributed by atoms with E-state index in [1.54, 1.807) is 12.1 Å². The number of nitrogens with zero attached hydrogens (tertiary/aromatic N) is 2. The van der Waals surface area contributed by atoms with Gasteiger partial charge in [0.25, 0.3) is 0 Å². The largest absolute Gasteiger partial charge is 0.386 e. The fourth-order valence-corrected chi connectivity index (χ4v) is 2.36. The number of hydrogen-bond acceptors (Lipinski definition) is 5. The Labute approximate surface area is 99.4 Å². The summed E-state index contributed by atoms with van der Waals surface area (Å²) >= 11 is 0. The summed E-state index contributed by atoms with van der Waals surface area (Å²) in [5.41, 5.74) is 6.05. The quantitative estimate of drug-likeness (QED) is 0.612. The molecule has 0 unspecified atom stereocenters. The maximum atomic E-state index is 10.9. The summed E-state index contributed by atoms with van der Waals surface area (Å²) in [6.45, 7) is 0.485. The molecule has 92 valence electrons. The number of rotatable bonds is 4. The van der Waals surface area contributed by atoms with Crippen molar-refractivity contribution in [3.05, 3.63) is 28.4 Å². The zero-order valence-corrected chi connectivity index (χ0v) is 9.56. The minimum Gasteiger partial charge on any atom is -0.371 e. The van der Waals surface area contributed by atoms with Gasteiger partial charge in [0.1, 0.15) is 11.9 Å². The van der Waals surface area contributed by atoms with Crippen molar-refractivity contribution in [2.24, 2.45) is 5.73 Å². The monoisotopic (exact) mass is 236 g/mol. The number of hydrogen-bond donors (Lipinski definition) is 2.